The Hall–Kier alpha value is -3.92. The van der Waals surface area contributed by atoms with Crippen molar-refractivity contribution in [3.63, 3.8) is 0 Å². The van der Waals surface area contributed by atoms with Crippen LogP contribution >= 0.6 is 11.6 Å². The van der Waals surface area contributed by atoms with Crippen LogP contribution in [0.2, 0.25) is 5.02 Å². The number of aromatic nitrogens is 6. The Morgan fingerprint density at radius 2 is 1.72 bits per heavy atom. The SMILES string of the molecule is Fc1cc2nn(-c3ccc(Cl)cc3)c(C(COc3ccc(-c4nn[nH]n4)cc3F)C3CCCCC3)c2cc1F. The molecule has 0 amide bonds. The first-order chi connectivity index (χ1) is 19.0. The second kappa shape index (κ2) is 10.7. The van der Waals surface area contributed by atoms with Gasteiger partial charge in [0.05, 0.1) is 23.5 Å². The summed E-state index contributed by atoms with van der Waals surface area (Å²) >= 11 is 6.12. The van der Waals surface area contributed by atoms with Gasteiger partial charge in [-0.25, -0.2) is 17.9 Å². The molecule has 0 saturated heterocycles. The predicted molar refractivity (Wildman–Crippen MR) is 140 cm³/mol. The maximum atomic E-state index is 15.1. The summed E-state index contributed by atoms with van der Waals surface area (Å²) in [5.41, 5.74) is 2.18. The van der Waals surface area contributed by atoms with Crippen LogP contribution in [0.25, 0.3) is 28.0 Å². The summed E-state index contributed by atoms with van der Waals surface area (Å²) < 4.78 is 51.6. The molecule has 0 spiro atoms. The molecule has 0 bridgehead atoms. The number of ether oxygens (including phenoxy) is 1. The summed E-state index contributed by atoms with van der Waals surface area (Å²) in [5.74, 6) is -2.24. The van der Waals surface area contributed by atoms with E-state index in [1.54, 1.807) is 35.0 Å². The van der Waals surface area contributed by atoms with E-state index in [1.165, 1.54) is 18.2 Å². The minimum atomic E-state index is -0.968. The molecule has 39 heavy (non-hydrogen) atoms. The molecule has 1 N–H and O–H groups in total. The van der Waals surface area contributed by atoms with Gasteiger partial charge in [0.25, 0.3) is 0 Å². The number of hydrogen-bond acceptors (Lipinski definition) is 5. The maximum Gasteiger partial charge on any atom is 0.204 e. The molecular formula is C28H24ClF3N6O. The van der Waals surface area contributed by atoms with E-state index >= 15 is 4.39 Å². The van der Waals surface area contributed by atoms with E-state index in [0.29, 0.717) is 32.9 Å². The number of benzene rings is 3. The summed E-state index contributed by atoms with van der Waals surface area (Å²) in [5, 5.41) is 19.3. The summed E-state index contributed by atoms with van der Waals surface area (Å²) in [6.45, 7) is 0.122. The number of nitrogens with zero attached hydrogens (tertiary/aromatic N) is 5. The van der Waals surface area contributed by atoms with Crippen LogP contribution in [0.3, 0.4) is 0 Å². The number of tetrazole rings is 1. The summed E-state index contributed by atoms with van der Waals surface area (Å²) in [4.78, 5) is 0. The van der Waals surface area contributed by atoms with Crippen LogP contribution in [0.15, 0.2) is 54.6 Å². The van der Waals surface area contributed by atoms with Gasteiger partial charge in [0.2, 0.25) is 5.82 Å². The van der Waals surface area contributed by atoms with Crippen molar-refractivity contribution in [3.8, 4) is 22.8 Å². The second-order valence-corrected chi connectivity index (χ2v) is 10.2. The van der Waals surface area contributed by atoms with Crippen molar-refractivity contribution in [2.45, 2.75) is 38.0 Å². The summed E-state index contributed by atoms with van der Waals surface area (Å²) in [6.07, 6.45) is 5.09. The third-order valence-corrected chi connectivity index (χ3v) is 7.60. The van der Waals surface area contributed by atoms with E-state index in [1.807, 2.05) is 0 Å². The van der Waals surface area contributed by atoms with Crippen molar-refractivity contribution < 1.29 is 17.9 Å². The molecule has 1 atom stereocenters. The van der Waals surface area contributed by atoms with Gasteiger partial charge in [-0.05, 0) is 72.5 Å². The standard InChI is InChI=1S/C28H24ClF3N6O/c29-18-7-9-19(10-8-18)38-27(20-13-22(30)23(31)14-25(20)35-38)21(16-4-2-1-3-5-16)15-39-26-11-6-17(12-24(26)32)28-33-36-37-34-28/h6-14,16,21H,1-5,15H2,(H,33,34,36,37). The molecule has 1 saturated carbocycles. The molecule has 1 aliphatic rings. The zero-order chi connectivity index (χ0) is 26.9. The van der Waals surface area contributed by atoms with E-state index < -0.39 is 17.5 Å². The fraction of sp³-hybridized carbons (Fsp3) is 0.286. The molecule has 2 heterocycles. The number of rotatable bonds is 7. The molecule has 0 aliphatic heterocycles. The van der Waals surface area contributed by atoms with Gasteiger partial charge >= 0.3 is 0 Å². The topological polar surface area (TPSA) is 81.5 Å². The first-order valence-corrected chi connectivity index (χ1v) is 13.2. The number of hydrogen-bond donors (Lipinski definition) is 1. The highest BCUT2D eigenvalue weighted by Gasteiger charge is 2.32. The van der Waals surface area contributed by atoms with Crippen LogP contribution in [0, 0.1) is 23.4 Å². The molecule has 1 aliphatic carbocycles. The monoisotopic (exact) mass is 552 g/mol. The highest BCUT2D eigenvalue weighted by atomic mass is 35.5. The molecule has 1 unspecified atom stereocenters. The van der Waals surface area contributed by atoms with Gasteiger partial charge in [-0.1, -0.05) is 30.9 Å². The number of aromatic amines is 1. The van der Waals surface area contributed by atoms with Crippen LogP contribution in [0.1, 0.15) is 43.7 Å². The van der Waals surface area contributed by atoms with E-state index in [9.17, 15) is 8.78 Å². The minimum Gasteiger partial charge on any atom is -0.490 e. The molecule has 11 heteroatoms. The lowest BCUT2D eigenvalue weighted by molar-refractivity contribution is 0.203. The van der Waals surface area contributed by atoms with Crippen molar-refractivity contribution in [1.82, 2.24) is 30.4 Å². The lowest BCUT2D eigenvalue weighted by atomic mass is 9.78. The molecule has 5 aromatic rings. The van der Waals surface area contributed by atoms with Gasteiger partial charge in [-0.2, -0.15) is 10.3 Å². The van der Waals surface area contributed by atoms with E-state index in [4.69, 9.17) is 16.3 Å². The van der Waals surface area contributed by atoms with Crippen molar-refractivity contribution >= 4 is 22.5 Å². The van der Waals surface area contributed by atoms with Gasteiger partial charge in [0.1, 0.15) is 0 Å². The fourth-order valence-corrected chi connectivity index (χ4v) is 5.56. The zero-order valence-corrected chi connectivity index (χ0v) is 21.5. The quantitative estimate of drug-likeness (QED) is 0.235. The Morgan fingerprint density at radius 1 is 0.949 bits per heavy atom. The van der Waals surface area contributed by atoms with Crippen molar-refractivity contribution in [2.24, 2.45) is 5.92 Å². The Bertz CT molecular complexity index is 1600. The molecular weight excluding hydrogens is 529 g/mol. The average Bonchev–Trinajstić information content (AvgIpc) is 3.60. The first kappa shape index (κ1) is 25.4. The highest BCUT2D eigenvalue weighted by Crippen LogP contribution is 2.41. The maximum absolute atomic E-state index is 15.1. The molecule has 2 aromatic heterocycles. The third-order valence-electron chi connectivity index (χ3n) is 7.35. The summed E-state index contributed by atoms with van der Waals surface area (Å²) in [6, 6.07) is 13.9. The fourth-order valence-electron chi connectivity index (χ4n) is 5.43. The predicted octanol–water partition coefficient (Wildman–Crippen LogP) is 7.02. The normalized spacial score (nSPS) is 15.1. The number of H-pyrrole nitrogens is 1. The Morgan fingerprint density at radius 3 is 2.44 bits per heavy atom. The van der Waals surface area contributed by atoms with Gasteiger partial charge in [-0.3, -0.25) is 0 Å². The van der Waals surface area contributed by atoms with Crippen molar-refractivity contribution in [1.29, 1.82) is 0 Å². The number of fused-ring (bicyclic) bond motifs is 1. The van der Waals surface area contributed by atoms with Gasteiger partial charge in [0, 0.05) is 28.0 Å². The lowest BCUT2D eigenvalue weighted by Gasteiger charge is -2.31. The van der Waals surface area contributed by atoms with E-state index in [-0.39, 0.29) is 30.0 Å². The minimum absolute atomic E-state index is 0.0714. The van der Waals surface area contributed by atoms with Crippen LogP contribution < -0.4 is 4.74 Å². The van der Waals surface area contributed by atoms with E-state index in [0.717, 1.165) is 38.2 Å². The van der Waals surface area contributed by atoms with E-state index in [2.05, 4.69) is 25.7 Å². The Balaban J connectivity index is 1.42. The van der Waals surface area contributed by atoms with Crippen molar-refractivity contribution in [2.75, 3.05) is 6.61 Å². The molecule has 200 valence electrons. The molecule has 1 fully saturated rings. The van der Waals surface area contributed by atoms with Crippen molar-refractivity contribution in [3.05, 3.63) is 82.8 Å². The molecule has 7 nitrogen and oxygen atoms in total. The Kier molecular flexibility index (Phi) is 6.95. The first-order valence-electron chi connectivity index (χ1n) is 12.8. The highest BCUT2D eigenvalue weighted by molar-refractivity contribution is 6.30. The van der Waals surface area contributed by atoms with Gasteiger partial charge in [-0.15, -0.1) is 10.2 Å². The molecule has 0 radical (unpaired) electrons. The Labute approximate surface area is 226 Å². The molecule has 3 aromatic carbocycles. The van der Waals surface area contributed by atoms with Gasteiger partial charge < -0.3 is 4.74 Å². The van der Waals surface area contributed by atoms with Crippen LogP contribution in [-0.2, 0) is 0 Å². The average molecular weight is 553 g/mol. The van der Waals surface area contributed by atoms with Crippen LogP contribution in [0.4, 0.5) is 13.2 Å². The lowest BCUT2D eigenvalue weighted by Crippen LogP contribution is -2.25. The third kappa shape index (κ3) is 5.08. The zero-order valence-electron chi connectivity index (χ0n) is 20.7. The molecule has 6 rings (SSSR count). The van der Waals surface area contributed by atoms with Gasteiger partial charge in [0.15, 0.2) is 23.2 Å². The number of nitrogens with one attached hydrogen (secondary N) is 1. The van der Waals surface area contributed by atoms with Crippen LogP contribution in [0.5, 0.6) is 5.75 Å². The summed E-state index contributed by atoms with van der Waals surface area (Å²) in [7, 11) is 0. The smallest absolute Gasteiger partial charge is 0.204 e. The number of halogens is 4. The van der Waals surface area contributed by atoms with Crippen LogP contribution in [-0.4, -0.2) is 37.0 Å². The second-order valence-electron chi connectivity index (χ2n) is 9.75. The largest absolute Gasteiger partial charge is 0.490 e.